The number of rotatable bonds is 1. The van der Waals surface area contributed by atoms with Gasteiger partial charge in [-0.2, -0.15) is 0 Å². The maximum absolute atomic E-state index is 5.84. The molecule has 0 aromatic heterocycles. The molecule has 0 amide bonds. The lowest BCUT2D eigenvalue weighted by atomic mass is 9.99. The van der Waals surface area contributed by atoms with Gasteiger partial charge >= 0.3 is 0 Å². The van der Waals surface area contributed by atoms with E-state index in [1.807, 2.05) is 0 Å². The fourth-order valence-corrected chi connectivity index (χ4v) is 1.57. The molecular formula is C10H21NO. The summed E-state index contributed by atoms with van der Waals surface area (Å²) in [5.74, 6) is 0.804. The Kier molecular flexibility index (Phi) is 3.13. The van der Waals surface area contributed by atoms with Crippen molar-refractivity contribution in [3.8, 4) is 0 Å². The van der Waals surface area contributed by atoms with Gasteiger partial charge in [0.25, 0.3) is 0 Å². The van der Waals surface area contributed by atoms with Crippen LogP contribution in [0.5, 0.6) is 0 Å². The van der Waals surface area contributed by atoms with Crippen molar-refractivity contribution in [2.75, 3.05) is 6.54 Å². The van der Waals surface area contributed by atoms with Gasteiger partial charge in [0.05, 0.1) is 5.60 Å². The molecule has 0 spiro atoms. The Hall–Kier alpha value is -0.0800. The molecule has 0 aromatic rings. The second kappa shape index (κ2) is 3.75. The summed E-state index contributed by atoms with van der Waals surface area (Å²) >= 11 is 0. The molecule has 1 heterocycles. The van der Waals surface area contributed by atoms with Gasteiger partial charge in [-0.05, 0) is 46.1 Å². The van der Waals surface area contributed by atoms with E-state index in [1.165, 1.54) is 6.42 Å². The van der Waals surface area contributed by atoms with Gasteiger partial charge in [-0.15, -0.1) is 0 Å². The molecule has 2 atom stereocenters. The van der Waals surface area contributed by atoms with Gasteiger partial charge in [-0.3, -0.25) is 5.32 Å². The van der Waals surface area contributed by atoms with Crippen LogP contribution in [0.2, 0.25) is 0 Å². The van der Waals surface area contributed by atoms with Crippen LogP contribution in [0.25, 0.3) is 0 Å². The quantitative estimate of drug-likeness (QED) is 0.652. The van der Waals surface area contributed by atoms with Crippen molar-refractivity contribution >= 4 is 0 Å². The van der Waals surface area contributed by atoms with E-state index in [0.717, 1.165) is 18.9 Å². The zero-order chi connectivity index (χ0) is 9.19. The van der Waals surface area contributed by atoms with E-state index in [-0.39, 0.29) is 11.8 Å². The highest BCUT2D eigenvalue weighted by atomic mass is 16.5. The standard InChI is InChI=1S/C10H21NO/c1-8-5-6-11-9(7-8)12-10(2,3)4/h8-9,11H,5-7H2,1-4H3. The molecule has 12 heavy (non-hydrogen) atoms. The Bertz CT molecular complexity index is 139. The molecule has 0 bridgehead atoms. The molecule has 1 N–H and O–H groups in total. The van der Waals surface area contributed by atoms with E-state index < -0.39 is 0 Å². The summed E-state index contributed by atoms with van der Waals surface area (Å²) in [6.07, 6.45) is 2.70. The first kappa shape index (κ1) is 10.0. The molecule has 2 nitrogen and oxygen atoms in total. The normalized spacial score (nSPS) is 32.0. The van der Waals surface area contributed by atoms with Crippen molar-refractivity contribution in [1.29, 1.82) is 0 Å². The summed E-state index contributed by atoms with van der Waals surface area (Å²) < 4.78 is 5.84. The lowest BCUT2D eigenvalue weighted by Crippen LogP contribution is -2.43. The van der Waals surface area contributed by atoms with Crippen LogP contribution in [-0.2, 0) is 4.74 Å². The van der Waals surface area contributed by atoms with Crippen molar-refractivity contribution in [3.63, 3.8) is 0 Å². The third-order valence-corrected chi connectivity index (χ3v) is 2.12. The molecule has 0 radical (unpaired) electrons. The largest absolute Gasteiger partial charge is 0.358 e. The molecular weight excluding hydrogens is 150 g/mol. The number of hydrogen-bond acceptors (Lipinski definition) is 2. The molecule has 1 aliphatic rings. The Morgan fingerprint density at radius 1 is 1.33 bits per heavy atom. The van der Waals surface area contributed by atoms with E-state index >= 15 is 0 Å². The maximum atomic E-state index is 5.84. The van der Waals surface area contributed by atoms with Crippen LogP contribution in [0.4, 0.5) is 0 Å². The van der Waals surface area contributed by atoms with Crippen molar-refractivity contribution < 1.29 is 4.74 Å². The van der Waals surface area contributed by atoms with Gasteiger partial charge in [0, 0.05) is 0 Å². The summed E-state index contributed by atoms with van der Waals surface area (Å²) in [6.45, 7) is 9.71. The lowest BCUT2D eigenvalue weighted by molar-refractivity contribution is -0.0911. The molecule has 0 aromatic carbocycles. The minimum absolute atomic E-state index is 0.0191. The second-order valence-corrected chi connectivity index (χ2v) is 4.80. The topological polar surface area (TPSA) is 21.3 Å². The van der Waals surface area contributed by atoms with Crippen LogP contribution >= 0.6 is 0 Å². The summed E-state index contributed by atoms with van der Waals surface area (Å²) in [6, 6.07) is 0. The first-order valence-corrected chi connectivity index (χ1v) is 4.88. The van der Waals surface area contributed by atoms with E-state index in [1.54, 1.807) is 0 Å². The smallest absolute Gasteiger partial charge is 0.109 e. The number of hydrogen-bond donors (Lipinski definition) is 1. The molecule has 1 saturated heterocycles. The van der Waals surface area contributed by atoms with E-state index in [2.05, 4.69) is 33.0 Å². The van der Waals surface area contributed by atoms with Crippen LogP contribution in [0, 0.1) is 5.92 Å². The Balaban J connectivity index is 2.32. The predicted octanol–water partition coefficient (Wildman–Crippen LogP) is 2.15. The Labute approximate surface area is 75.7 Å². The van der Waals surface area contributed by atoms with Crippen molar-refractivity contribution in [1.82, 2.24) is 5.32 Å². The van der Waals surface area contributed by atoms with Crippen LogP contribution < -0.4 is 5.32 Å². The first-order valence-electron chi connectivity index (χ1n) is 4.88. The highest BCUT2D eigenvalue weighted by molar-refractivity contribution is 4.72. The SMILES string of the molecule is CC1CCNC(OC(C)(C)C)C1. The highest BCUT2D eigenvalue weighted by Crippen LogP contribution is 2.20. The highest BCUT2D eigenvalue weighted by Gasteiger charge is 2.23. The third kappa shape index (κ3) is 3.55. The molecule has 0 saturated carbocycles. The summed E-state index contributed by atoms with van der Waals surface area (Å²) in [5.41, 5.74) is -0.0191. The number of piperidine rings is 1. The zero-order valence-corrected chi connectivity index (χ0v) is 8.68. The first-order chi connectivity index (χ1) is 5.47. The van der Waals surface area contributed by atoms with E-state index in [4.69, 9.17) is 4.74 Å². The van der Waals surface area contributed by atoms with Crippen molar-refractivity contribution in [2.45, 2.75) is 52.4 Å². The van der Waals surface area contributed by atoms with Gasteiger partial charge in [0.1, 0.15) is 6.23 Å². The Morgan fingerprint density at radius 2 is 2.00 bits per heavy atom. The molecule has 1 fully saturated rings. The molecule has 1 rings (SSSR count). The maximum Gasteiger partial charge on any atom is 0.109 e. The minimum Gasteiger partial charge on any atom is -0.358 e. The fraction of sp³-hybridized carbons (Fsp3) is 1.00. The van der Waals surface area contributed by atoms with Crippen molar-refractivity contribution in [3.05, 3.63) is 0 Å². The van der Waals surface area contributed by atoms with E-state index in [0.29, 0.717) is 0 Å². The molecule has 72 valence electrons. The minimum atomic E-state index is -0.0191. The number of nitrogens with one attached hydrogen (secondary N) is 1. The number of ether oxygens (including phenoxy) is 1. The fourth-order valence-electron chi connectivity index (χ4n) is 1.57. The summed E-state index contributed by atoms with van der Waals surface area (Å²) in [7, 11) is 0. The summed E-state index contributed by atoms with van der Waals surface area (Å²) in [4.78, 5) is 0. The third-order valence-electron chi connectivity index (χ3n) is 2.12. The van der Waals surface area contributed by atoms with Crippen LogP contribution in [0.1, 0.15) is 40.5 Å². The van der Waals surface area contributed by atoms with Gasteiger partial charge in [-0.25, -0.2) is 0 Å². The average molecular weight is 171 g/mol. The monoisotopic (exact) mass is 171 g/mol. The van der Waals surface area contributed by atoms with E-state index in [9.17, 15) is 0 Å². The lowest BCUT2D eigenvalue weighted by Gasteiger charge is -2.33. The van der Waals surface area contributed by atoms with Gasteiger partial charge in [0.2, 0.25) is 0 Å². The summed E-state index contributed by atoms with van der Waals surface area (Å²) in [5, 5.41) is 3.38. The average Bonchev–Trinajstić information content (AvgIpc) is 1.82. The van der Waals surface area contributed by atoms with Gasteiger partial charge < -0.3 is 4.74 Å². The Morgan fingerprint density at radius 3 is 2.50 bits per heavy atom. The molecule has 2 unspecified atom stereocenters. The second-order valence-electron chi connectivity index (χ2n) is 4.80. The predicted molar refractivity (Wildman–Crippen MR) is 51.0 cm³/mol. The zero-order valence-electron chi connectivity index (χ0n) is 8.68. The van der Waals surface area contributed by atoms with Crippen molar-refractivity contribution in [2.24, 2.45) is 5.92 Å². The molecule has 1 aliphatic heterocycles. The van der Waals surface area contributed by atoms with Crippen LogP contribution in [-0.4, -0.2) is 18.4 Å². The van der Waals surface area contributed by atoms with Crippen LogP contribution in [0.15, 0.2) is 0 Å². The van der Waals surface area contributed by atoms with Crippen LogP contribution in [0.3, 0.4) is 0 Å². The molecule has 2 heteroatoms. The van der Waals surface area contributed by atoms with Gasteiger partial charge in [-0.1, -0.05) is 6.92 Å². The molecule has 0 aliphatic carbocycles. The van der Waals surface area contributed by atoms with Gasteiger partial charge in [0.15, 0.2) is 0 Å².